The predicted molar refractivity (Wildman–Crippen MR) is 91.0 cm³/mol. The van der Waals surface area contributed by atoms with Gasteiger partial charge < -0.3 is 9.88 Å². The molecule has 3 heterocycles. The average Bonchev–Trinajstić information content (AvgIpc) is 3.16. The molecule has 120 valence electrons. The van der Waals surface area contributed by atoms with E-state index in [1.165, 1.54) is 9.56 Å². The van der Waals surface area contributed by atoms with E-state index >= 15 is 0 Å². The number of amides is 1. The first-order chi connectivity index (χ1) is 11.1. The number of nitrogens with zero attached hydrogens (tertiary/aromatic N) is 3. The number of carbonyl (C=O) groups is 1. The topological polar surface area (TPSA) is 68.9 Å². The quantitative estimate of drug-likeness (QED) is 0.796. The molecule has 0 saturated heterocycles. The van der Waals surface area contributed by atoms with Crippen LogP contribution in [-0.4, -0.2) is 26.3 Å². The zero-order valence-electron chi connectivity index (χ0n) is 13.1. The van der Waals surface area contributed by atoms with Gasteiger partial charge >= 0.3 is 0 Å². The number of hydrogen-bond acceptors (Lipinski definition) is 4. The second kappa shape index (κ2) is 5.19. The highest BCUT2D eigenvalue weighted by molar-refractivity contribution is 7.20. The maximum absolute atomic E-state index is 12.8. The number of fused-ring (bicyclic) bond motifs is 3. The molecule has 1 N–H and O–H groups in total. The molecule has 1 aliphatic carbocycles. The molecule has 0 spiro atoms. The summed E-state index contributed by atoms with van der Waals surface area (Å²) in [4.78, 5) is 26.0. The third kappa shape index (κ3) is 2.35. The van der Waals surface area contributed by atoms with Crippen LogP contribution < -0.4 is 10.9 Å². The maximum atomic E-state index is 12.8. The van der Waals surface area contributed by atoms with E-state index < -0.39 is 0 Å². The van der Waals surface area contributed by atoms with Crippen LogP contribution in [0.1, 0.15) is 24.6 Å². The second-order valence-electron chi connectivity index (χ2n) is 6.03. The predicted octanol–water partition coefficient (Wildman–Crippen LogP) is 2.02. The summed E-state index contributed by atoms with van der Waals surface area (Å²) in [6.45, 7) is 4.78. The first-order valence-corrected chi connectivity index (χ1v) is 8.68. The molecule has 0 atom stereocenters. The fourth-order valence-electron chi connectivity index (χ4n) is 3.00. The third-order valence-electron chi connectivity index (χ3n) is 4.21. The van der Waals surface area contributed by atoms with Crippen molar-refractivity contribution < 1.29 is 4.79 Å². The minimum absolute atomic E-state index is 0.0210. The van der Waals surface area contributed by atoms with Gasteiger partial charge in [-0.2, -0.15) is 5.10 Å². The van der Waals surface area contributed by atoms with E-state index in [0.29, 0.717) is 12.1 Å². The summed E-state index contributed by atoms with van der Waals surface area (Å²) >= 11 is 1.67. The van der Waals surface area contributed by atoms with Crippen LogP contribution in [0.2, 0.25) is 0 Å². The van der Waals surface area contributed by atoms with Gasteiger partial charge in [0, 0.05) is 22.8 Å². The van der Waals surface area contributed by atoms with E-state index in [9.17, 15) is 9.59 Å². The molecule has 0 bridgehead atoms. The SMILES string of the molecule is CCn1c2cc(C)sc2c2cnn(CC(=O)NC3CC3)c(=O)c21. The molecule has 6 nitrogen and oxygen atoms in total. The van der Waals surface area contributed by atoms with Crippen molar-refractivity contribution in [2.75, 3.05) is 0 Å². The molecule has 1 fully saturated rings. The van der Waals surface area contributed by atoms with Crippen LogP contribution >= 0.6 is 11.3 Å². The zero-order valence-corrected chi connectivity index (χ0v) is 13.9. The highest BCUT2D eigenvalue weighted by atomic mass is 32.1. The molecule has 23 heavy (non-hydrogen) atoms. The lowest BCUT2D eigenvalue weighted by molar-refractivity contribution is -0.122. The Hall–Kier alpha value is -2.15. The molecule has 0 aliphatic heterocycles. The molecule has 1 saturated carbocycles. The lowest BCUT2D eigenvalue weighted by Gasteiger charge is -2.07. The summed E-state index contributed by atoms with van der Waals surface area (Å²) < 4.78 is 4.38. The molecule has 4 rings (SSSR count). The number of nitrogens with one attached hydrogen (secondary N) is 1. The highest BCUT2D eigenvalue weighted by Crippen LogP contribution is 2.33. The van der Waals surface area contributed by atoms with Crippen molar-refractivity contribution in [1.29, 1.82) is 0 Å². The molecule has 7 heteroatoms. The summed E-state index contributed by atoms with van der Waals surface area (Å²) in [6, 6.07) is 2.39. The van der Waals surface area contributed by atoms with Crippen LogP contribution in [0.25, 0.3) is 21.1 Å². The molecular formula is C16H18N4O2S. The molecule has 3 aromatic heterocycles. The summed E-state index contributed by atoms with van der Waals surface area (Å²) in [5, 5.41) is 7.99. The van der Waals surface area contributed by atoms with E-state index in [2.05, 4.69) is 23.4 Å². The molecule has 0 unspecified atom stereocenters. The monoisotopic (exact) mass is 330 g/mol. The summed E-state index contributed by atoms with van der Waals surface area (Å²) in [7, 11) is 0. The van der Waals surface area contributed by atoms with Crippen molar-refractivity contribution in [3.05, 3.63) is 27.5 Å². The van der Waals surface area contributed by atoms with Crippen LogP contribution in [0.15, 0.2) is 17.1 Å². The fraction of sp³-hybridized carbons (Fsp3) is 0.438. The van der Waals surface area contributed by atoms with Crippen LogP contribution in [0.5, 0.6) is 0 Å². The fourth-order valence-corrected chi connectivity index (χ4v) is 4.02. The van der Waals surface area contributed by atoms with Gasteiger partial charge in [0.2, 0.25) is 5.91 Å². The molecule has 0 aromatic carbocycles. The van der Waals surface area contributed by atoms with Gasteiger partial charge in [0.1, 0.15) is 12.1 Å². The number of carbonyl (C=O) groups excluding carboxylic acids is 1. The highest BCUT2D eigenvalue weighted by Gasteiger charge is 2.24. The Morgan fingerprint density at radius 2 is 2.26 bits per heavy atom. The van der Waals surface area contributed by atoms with Crippen LogP contribution in [0.4, 0.5) is 0 Å². The van der Waals surface area contributed by atoms with Crippen LogP contribution in [0.3, 0.4) is 0 Å². The van der Waals surface area contributed by atoms with Crippen molar-refractivity contribution >= 4 is 38.4 Å². The first kappa shape index (κ1) is 14.4. The lowest BCUT2D eigenvalue weighted by atomic mass is 10.3. The number of hydrogen-bond donors (Lipinski definition) is 1. The Labute approximate surface area is 136 Å². The number of aryl methyl sites for hydroxylation is 2. The normalized spacial score (nSPS) is 14.7. The smallest absolute Gasteiger partial charge is 0.291 e. The number of aromatic nitrogens is 3. The van der Waals surface area contributed by atoms with Crippen molar-refractivity contribution in [1.82, 2.24) is 19.7 Å². The largest absolute Gasteiger partial charge is 0.352 e. The molecule has 3 aromatic rings. The van der Waals surface area contributed by atoms with E-state index in [-0.39, 0.29) is 24.1 Å². The summed E-state index contributed by atoms with van der Waals surface area (Å²) in [5.41, 5.74) is 1.52. The second-order valence-corrected chi connectivity index (χ2v) is 7.28. The van der Waals surface area contributed by atoms with Gasteiger partial charge in [-0.3, -0.25) is 9.59 Å². The Kier molecular flexibility index (Phi) is 3.26. The third-order valence-corrected chi connectivity index (χ3v) is 5.28. The van der Waals surface area contributed by atoms with Gasteiger partial charge in [0.05, 0.1) is 16.4 Å². The maximum Gasteiger partial charge on any atom is 0.291 e. The Morgan fingerprint density at radius 3 is 2.96 bits per heavy atom. The van der Waals surface area contributed by atoms with E-state index in [1.807, 2.05) is 11.5 Å². The average molecular weight is 330 g/mol. The molecular weight excluding hydrogens is 312 g/mol. The van der Waals surface area contributed by atoms with Gasteiger partial charge in [0.25, 0.3) is 5.56 Å². The van der Waals surface area contributed by atoms with Gasteiger partial charge in [-0.1, -0.05) is 0 Å². The summed E-state index contributed by atoms with van der Waals surface area (Å²) in [6.07, 6.45) is 3.77. The number of rotatable bonds is 4. The first-order valence-electron chi connectivity index (χ1n) is 7.86. The lowest BCUT2D eigenvalue weighted by Crippen LogP contribution is -2.35. The minimum atomic E-state index is -0.198. The zero-order chi connectivity index (χ0) is 16.1. The van der Waals surface area contributed by atoms with E-state index in [4.69, 9.17) is 0 Å². The van der Waals surface area contributed by atoms with Crippen molar-refractivity contribution in [3.8, 4) is 0 Å². The van der Waals surface area contributed by atoms with Gasteiger partial charge in [-0.25, -0.2) is 4.68 Å². The van der Waals surface area contributed by atoms with E-state index in [1.54, 1.807) is 17.5 Å². The van der Waals surface area contributed by atoms with Crippen molar-refractivity contribution in [3.63, 3.8) is 0 Å². The standard InChI is InChI=1S/C16H18N4O2S/c1-3-19-12-6-9(2)23-15(12)11-7-17-20(16(22)14(11)19)8-13(21)18-10-4-5-10/h6-7,10H,3-5,8H2,1-2H3,(H,18,21). The van der Waals surface area contributed by atoms with Gasteiger partial charge in [0.15, 0.2) is 0 Å². The molecule has 1 aliphatic rings. The number of thiophene rings is 1. The Balaban J connectivity index is 1.83. The Morgan fingerprint density at radius 1 is 1.48 bits per heavy atom. The molecule has 0 radical (unpaired) electrons. The van der Waals surface area contributed by atoms with Crippen molar-refractivity contribution in [2.45, 2.75) is 45.8 Å². The van der Waals surface area contributed by atoms with E-state index in [0.717, 1.165) is 28.4 Å². The van der Waals surface area contributed by atoms with Crippen LogP contribution in [0, 0.1) is 6.92 Å². The van der Waals surface area contributed by atoms with Gasteiger partial charge in [-0.05, 0) is 32.8 Å². The van der Waals surface area contributed by atoms with Crippen molar-refractivity contribution in [2.24, 2.45) is 0 Å². The minimum Gasteiger partial charge on any atom is -0.352 e. The Bertz CT molecular complexity index is 977. The van der Waals surface area contributed by atoms with Crippen LogP contribution in [-0.2, 0) is 17.9 Å². The summed E-state index contributed by atoms with van der Waals surface area (Å²) in [5.74, 6) is -0.145. The van der Waals surface area contributed by atoms with Gasteiger partial charge in [-0.15, -0.1) is 11.3 Å². The molecule has 1 amide bonds.